The molecule has 0 saturated carbocycles. The van der Waals surface area contributed by atoms with E-state index in [-0.39, 0.29) is 5.82 Å². The highest BCUT2D eigenvalue weighted by atomic mass is 32.1. The van der Waals surface area contributed by atoms with Gasteiger partial charge in [-0.3, -0.25) is 4.68 Å². The maximum atomic E-state index is 11.9. The SMILES string of the molecule is CCOC(=O)c1c(N)nsc1NCc1c(C)nn(C)c1C. The number of carbonyl (C=O) groups excluding carboxylic acids is 1. The lowest BCUT2D eigenvalue weighted by atomic mass is 10.2. The number of nitrogens with two attached hydrogens (primary N) is 1. The molecule has 8 heteroatoms. The van der Waals surface area contributed by atoms with Crippen LogP contribution in [0.3, 0.4) is 0 Å². The van der Waals surface area contributed by atoms with Crippen LogP contribution in [0.25, 0.3) is 0 Å². The minimum Gasteiger partial charge on any atom is -0.462 e. The quantitative estimate of drug-likeness (QED) is 0.819. The Bertz CT molecular complexity index is 662. The zero-order valence-electron chi connectivity index (χ0n) is 12.6. The van der Waals surface area contributed by atoms with Crippen molar-refractivity contribution in [2.24, 2.45) is 7.05 Å². The number of nitrogens with zero attached hydrogens (tertiary/aromatic N) is 3. The zero-order valence-corrected chi connectivity index (χ0v) is 13.4. The van der Waals surface area contributed by atoms with Crippen LogP contribution in [0, 0.1) is 13.8 Å². The van der Waals surface area contributed by atoms with E-state index in [0.717, 1.165) is 28.5 Å². The summed E-state index contributed by atoms with van der Waals surface area (Å²) in [7, 11) is 1.90. The molecule has 0 radical (unpaired) electrons. The Balaban J connectivity index is 2.19. The second-order valence-corrected chi connectivity index (χ2v) is 5.39. The van der Waals surface area contributed by atoms with Gasteiger partial charge in [0, 0.05) is 24.8 Å². The lowest BCUT2D eigenvalue weighted by molar-refractivity contribution is 0.0529. The molecule has 2 rings (SSSR count). The first-order chi connectivity index (χ1) is 9.95. The number of hydrogen-bond donors (Lipinski definition) is 2. The number of aromatic nitrogens is 3. The topological polar surface area (TPSA) is 95.1 Å². The summed E-state index contributed by atoms with van der Waals surface area (Å²) < 4.78 is 10.9. The van der Waals surface area contributed by atoms with E-state index in [1.807, 2.05) is 25.6 Å². The summed E-state index contributed by atoms with van der Waals surface area (Å²) in [4.78, 5) is 11.9. The molecule has 0 aliphatic carbocycles. The van der Waals surface area contributed by atoms with Crippen molar-refractivity contribution in [1.29, 1.82) is 0 Å². The number of carbonyl (C=O) groups is 1. The van der Waals surface area contributed by atoms with E-state index in [0.29, 0.717) is 23.7 Å². The highest BCUT2D eigenvalue weighted by Crippen LogP contribution is 2.28. The molecule has 0 fully saturated rings. The van der Waals surface area contributed by atoms with E-state index in [2.05, 4.69) is 14.8 Å². The summed E-state index contributed by atoms with van der Waals surface area (Å²) in [5.41, 5.74) is 9.19. The lowest BCUT2D eigenvalue weighted by Crippen LogP contribution is -2.10. The molecular weight excluding hydrogens is 290 g/mol. The predicted molar refractivity (Wildman–Crippen MR) is 82.5 cm³/mol. The maximum absolute atomic E-state index is 11.9. The number of ether oxygens (including phenoxy) is 1. The summed E-state index contributed by atoms with van der Waals surface area (Å²) in [6, 6.07) is 0. The van der Waals surface area contributed by atoms with Gasteiger partial charge in [0.25, 0.3) is 0 Å². The van der Waals surface area contributed by atoms with Crippen molar-refractivity contribution >= 4 is 28.3 Å². The standard InChI is InChI=1S/C13H19N5O2S/c1-5-20-13(19)10-11(14)17-21-12(10)15-6-9-7(2)16-18(4)8(9)3/h15H,5-6H2,1-4H3,(H2,14,17). The van der Waals surface area contributed by atoms with E-state index in [1.165, 1.54) is 0 Å². The molecule has 0 amide bonds. The van der Waals surface area contributed by atoms with Crippen molar-refractivity contribution in [2.75, 3.05) is 17.7 Å². The zero-order chi connectivity index (χ0) is 15.6. The minimum absolute atomic E-state index is 0.195. The van der Waals surface area contributed by atoms with Gasteiger partial charge in [-0.2, -0.15) is 9.47 Å². The van der Waals surface area contributed by atoms with Crippen molar-refractivity contribution in [3.63, 3.8) is 0 Å². The van der Waals surface area contributed by atoms with Gasteiger partial charge >= 0.3 is 5.97 Å². The van der Waals surface area contributed by atoms with Crippen LogP contribution in [-0.2, 0) is 18.3 Å². The smallest absolute Gasteiger partial charge is 0.344 e. The van der Waals surface area contributed by atoms with Crippen LogP contribution < -0.4 is 11.1 Å². The van der Waals surface area contributed by atoms with Crippen LogP contribution in [0.2, 0.25) is 0 Å². The number of rotatable bonds is 5. The van der Waals surface area contributed by atoms with Crippen molar-refractivity contribution in [1.82, 2.24) is 14.2 Å². The average Bonchev–Trinajstić information content (AvgIpc) is 2.90. The van der Waals surface area contributed by atoms with Gasteiger partial charge < -0.3 is 15.8 Å². The molecule has 0 aliphatic rings. The van der Waals surface area contributed by atoms with Gasteiger partial charge in [-0.1, -0.05) is 0 Å². The van der Waals surface area contributed by atoms with Gasteiger partial charge in [0.2, 0.25) is 0 Å². The maximum Gasteiger partial charge on any atom is 0.344 e. The Morgan fingerprint density at radius 3 is 2.76 bits per heavy atom. The number of hydrogen-bond acceptors (Lipinski definition) is 7. The third-order valence-electron chi connectivity index (χ3n) is 3.28. The summed E-state index contributed by atoms with van der Waals surface area (Å²) in [6.07, 6.45) is 0. The Labute approximate surface area is 127 Å². The Morgan fingerprint density at radius 1 is 1.48 bits per heavy atom. The summed E-state index contributed by atoms with van der Waals surface area (Å²) >= 11 is 1.15. The van der Waals surface area contributed by atoms with Gasteiger partial charge in [-0.25, -0.2) is 4.79 Å². The van der Waals surface area contributed by atoms with E-state index in [9.17, 15) is 4.79 Å². The number of anilines is 2. The third kappa shape index (κ3) is 2.99. The molecule has 2 aromatic heterocycles. The third-order valence-corrected chi connectivity index (χ3v) is 4.10. The minimum atomic E-state index is -0.453. The molecule has 0 spiro atoms. The fourth-order valence-electron chi connectivity index (χ4n) is 2.07. The monoisotopic (exact) mass is 309 g/mol. The van der Waals surface area contributed by atoms with E-state index < -0.39 is 5.97 Å². The average molecular weight is 309 g/mol. The summed E-state index contributed by atoms with van der Waals surface area (Å²) in [5, 5.41) is 8.19. The van der Waals surface area contributed by atoms with Crippen molar-refractivity contribution in [3.8, 4) is 0 Å². The molecule has 7 nitrogen and oxygen atoms in total. The molecule has 0 bridgehead atoms. The summed E-state index contributed by atoms with van der Waals surface area (Å²) in [5.74, 6) is -0.258. The second kappa shape index (κ2) is 6.13. The fraction of sp³-hybridized carbons (Fsp3) is 0.462. The highest BCUT2D eigenvalue weighted by molar-refractivity contribution is 7.11. The molecule has 21 heavy (non-hydrogen) atoms. The van der Waals surface area contributed by atoms with E-state index in [4.69, 9.17) is 10.5 Å². The van der Waals surface area contributed by atoms with Crippen molar-refractivity contribution in [3.05, 3.63) is 22.5 Å². The Hall–Kier alpha value is -2.09. The van der Waals surface area contributed by atoms with Crippen LogP contribution in [0.5, 0.6) is 0 Å². The molecule has 0 unspecified atom stereocenters. The first-order valence-electron chi connectivity index (χ1n) is 6.60. The second-order valence-electron chi connectivity index (χ2n) is 4.62. The molecule has 2 heterocycles. The number of aryl methyl sites for hydroxylation is 2. The predicted octanol–water partition coefficient (Wildman–Crippen LogP) is 1.86. The summed E-state index contributed by atoms with van der Waals surface area (Å²) in [6.45, 7) is 6.57. The number of nitrogen functional groups attached to an aromatic ring is 1. The lowest BCUT2D eigenvalue weighted by Gasteiger charge is -2.07. The molecule has 114 valence electrons. The number of esters is 1. The van der Waals surface area contributed by atoms with Gasteiger partial charge in [0.05, 0.1) is 12.3 Å². The molecule has 3 N–H and O–H groups in total. The molecule has 2 aromatic rings. The van der Waals surface area contributed by atoms with E-state index >= 15 is 0 Å². The number of nitrogens with one attached hydrogen (secondary N) is 1. The molecule has 0 aromatic carbocycles. The van der Waals surface area contributed by atoms with E-state index in [1.54, 1.807) is 6.92 Å². The molecule has 0 atom stereocenters. The fourth-order valence-corrected chi connectivity index (χ4v) is 2.76. The van der Waals surface area contributed by atoms with Crippen molar-refractivity contribution < 1.29 is 9.53 Å². The Morgan fingerprint density at radius 2 is 2.19 bits per heavy atom. The van der Waals surface area contributed by atoms with Crippen LogP contribution >= 0.6 is 11.5 Å². The van der Waals surface area contributed by atoms with Crippen LogP contribution in [0.15, 0.2) is 0 Å². The first-order valence-corrected chi connectivity index (χ1v) is 7.38. The molecule has 0 saturated heterocycles. The van der Waals surface area contributed by atoms with Gasteiger partial charge in [0.1, 0.15) is 10.6 Å². The van der Waals surface area contributed by atoms with Gasteiger partial charge in [-0.05, 0) is 32.3 Å². The molecular formula is C13H19N5O2S. The normalized spacial score (nSPS) is 10.7. The highest BCUT2D eigenvalue weighted by Gasteiger charge is 2.21. The first kappa shape index (κ1) is 15.3. The van der Waals surface area contributed by atoms with Crippen LogP contribution in [0.1, 0.15) is 34.2 Å². The Kier molecular flexibility index (Phi) is 4.46. The van der Waals surface area contributed by atoms with Gasteiger partial charge in [-0.15, -0.1) is 0 Å². The largest absolute Gasteiger partial charge is 0.462 e. The molecule has 0 aliphatic heterocycles. The van der Waals surface area contributed by atoms with Crippen LogP contribution in [-0.4, -0.2) is 26.7 Å². The van der Waals surface area contributed by atoms with Crippen molar-refractivity contribution in [2.45, 2.75) is 27.3 Å². The van der Waals surface area contributed by atoms with Crippen LogP contribution in [0.4, 0.5) is 10.8 Å². The van der Waals surface area contributed by atoms with Gasteiger partial charge in [0.15, 0.2) is 5.82 Å².